The summed E-state index contributed by atoms with van der Waals surface area (Å²) in [6.45, 7) is 0. The normalized spacial score (nSPS) is 11.6. The second kappa shape index (κ2) is 7.90. The van der Waals surface area contributed by atoms with Gasteiger partial charge in [0.25, 0.3) is 0 Å². The van der Waals surface area contributed by atoms with Gasteiger partial charge < -0.3 is 4.74 Å². The van der Waals surface area contributed by atoms with Gasteiger partial charge in [0.05, 0.1) is 23.3 Å². The maximum atomic E-state index is 12.7. The van der Waals surface area contributed by atoms with Crippen molar-refractivity contribution in [1.82, 2.24) is 24.5 Å². The Morgan fingerprint density at radius 1 is 0.909 bits per heavy atom. The topological polar surface area (TPSA) is 74.8 Å². The van der Waals surface area contributed by atoms with Crippen LogP contribution in [0.5, 0.6) is 5.75 Å². The maximum Gasteiger partial charge on any atom is 0.573 e. The lowest BCUT2D eigenvalue weighted by molar-refractivity contribution is -0.274. The number of aromatic nitrogens is 5. The molecule has 0 radical (unpaired) electrons. The van der Waals surface area contributed by atoms with Gasteiger partial charge in [-0.1, -0.05) is 12.1 Å². The summed E-state index contributed by atoms with van der Waals surface area (Å²) in [5, 5.41) is 10.6. The van der Waals surface area contributed by atoms with E-state index in [2.05, 4.69) is 19.9 Å². The fourth-order valence-electron chi connectivity index (χ4n) is 3.49. The van der Waals surface area contributed by atoms with E-state index in [0.717, 1.165) is 16.5 Å². The van der Waals surface area contributed by atoms with E-state index in [1.165, 1.54) is 41.2 Å². The predicted molar refractivity (Wildman–Crippen MR) is 114 cm³/mol. The highest BCUT2D eigenvalue weighted by Gasteiger charge is 2.31. The van der Waals surface area contributed by atoms with Gasteiger partial charge in [-0.25, -0.2) is 9.36 Å². The quantitative estimate of drug-likeness (QED) is 0.403. The number of pyridine rings is 1. The van der Waals surface area contributed by atoms with Crippen LogP contribution in [0.25, 0.3) is 33.5 Å². The average Bonchev–Trinajstić information content (AvgIpc) is 3.28. The lowest BCUT2D eigenvalue weighted by Crippen LogP contribution is -2.17. The fourth-order valence-corrected chi connectivity index (χ4v) is 3.49. The van der Waals surface area contributed by atoms with E-state index < -0.39 is 6.36 Å². The number of nitrogens with zero attached hydrogens (tertiary/aromatic N) is 5. The Balaban J connectivity index is 1.57. The molecule has 3 heterocycles. The van der Waals surface area contributed by atoms with Crippen LogP contribution in [-0.2, 0) is 0 Å². The molecule has 2 aromatic carbocycles. The van der Waals surface area contributed by atoms with Crippen LogP contribution in [0.4, 0.5) is 13.2 Å². The summed E-state index contributed by atoms with van der Waals surface area (Å²) in [7, 11) is 0. The van der Waals surface area contributed by atoms with Crippen molar-refractivity contribution in [3.8, 4) is 28.5 Å². The molecule has 0 fully saturated rings. The van der Waals surface area contributed by atoms with Crippen molar-refractivity contribution in [3.05, 3.63) is 95.7 Å². The van der Waals surface area contributed by atoms with Crippen molar-refractivity contribution in [3.63, 3.8) is 0 Å². The minimum atomic E-state index is -4.78. The molecule has 0 spiro atoms. The van der Waals surface area contributed by atoms with Crippen LogP contribution in [0.1, 0.15) is 0 Å². The number of fused-ring (bicyclic) bond motifs is 1. The molecule has 0 saturated heterocycles. The monoisotopic (exact) mass is 449 g/mol. The lowest BCUT2D eigenvalue weighted by Gasteiger charge is -2.12. The summed E-state index contributed by atoms with van der Waals surface area (Å²) in [5.41, 5.74) is 1.44. The zero-order valence-electron chi connectivity index (χ0n) is 16.8. The zero-order chi connectivity index (χ0) is 23.0. The van der Waals surface area contributed by atoms with E-state index in [9.17, 15) is 18.0 Å². The van der Waals surface area contributed by atoms with Crippen molar-refractivity contribution >= 4 is 10.8 Å². The number of hydrogen-bond acceptors (Lipinski definition) is 5. The van der Waals surface area contributed by atoms with Gasteiger partial charge in [0.2, 0.25) is 5.43 Å². The van der Waals surface area contributed by atoms with Crippen LogP contribution in [0.15, 0.2) is 90.2 Å². The van der Waals surface area contributed by atoms with Gasteiger partial charge in [0.1, 0.15) is 5.75 Å². The van der Waals surface area contributed by atoms with Crippen LogP contribution in [0.3, 0.4) is 0 Å². The van der Waals surface area contributed by atoms with Gasteiger partial charge in [0, 0.05) is 30.0 Å². The highest BCUT2D eigenvalue weighted by atomic mass is 19.4. The summed E-state index contributed by atoms with van der Waals surface area (Å²) >= 11 is 0. The number of alkyl halides is 3. The van der Waals surface area contributed by atoms with Gasteiger partial charge >= 0.3 is 6.36 Å². The van der Waals surface area contributed by atoms with E-state index in [1.54, 1.807) is 29.3 Å². The molecule has 0 atom stereocenters. The predicted octanol–water partition coefficient (Wildman–Crippen LogP) is 4.53. The summed E-state index contributed by atoms with van der Waals surface area (Å²) in [6.07, 6.45) is 1.63. The summed E-state index contributed by atoms with van der Waals surface area (Å²) in [6, 6.07) is 15.8. The third-order valence-corrected chi connectivity index (χ3v) is 4.92. The summed E-state index contributed by atoms with van der Waals surface area (Å²) < 4.78 is 44.1. The molecule has 0 aliphatic carbocycles. The van der Waals surface area contributed by atoms with Crippen LogP contribution in [-0.4, -0.2) is 30.9 Å². The van der Waals surface area contributed by atoms with Gasteiger partial charge in [-0.05, 0) is 47.9 Å². The molecule has 0 bridgehead atoms. The second-order valence-electron chi connectivity index (χ2n) is 7.02. The number of rotatable bonds is 4. The summed E-state index contributed by atoms with van der Waals surface area (Å²) in [5.74, 6) is -0.352. The Morgan fingerprint density at radius 2 is 1.73 bits per heavy atom. The smallest absolute Gasteiger partial charge is 0.406 e. The molecule has 33 heavy (non-hydrogen) atoms. The molecule has 5 aromatic rings. The second-order valence-corrected chi connectivity index (χ2v) is 7.02. The molecule has 3 aromatic heterocycles. The van der Waals surface area contributed by atoms with Crippen molar-refractivity contribution in [1.29, 1.82) is 0 Å². The fraction of sp³-hybridized carbons (Fsp3) is 0.0435. The Morgan fingerprint density at radius 3 is 2.52 bits per heavy atom. The molecule has 0 aliphatic heterocycles. The standard InChI is InChI=1S/C23H14F3N5O2/c24-23(25,26)33-17-6-4-16(5-7-17)30-13-10-21(32)22(29-30)20-9-12-28-31(20)19-3-1-2-15-8-11-27-14-18(15)19/h1-14H. The van der Waals surface area contributed by atoms with Crippen molar-refractivity contribution in [2.45, 2.75) is 6.36 Å². The number of hydrogen-bond donors (Lipinski definition) is 0. The van der Waals surface area contributed by atoms with Gasteiger partial charge in [-0.2, -0.15) is 10.2 Å². The number of halogens is 3. The zero-order valence-corrected chi connectivity index (χ0v) is 16.8. The van der Waals surface area contributed by atoms with E-state index in [0.29, 0.717) is 11.4 Å². The molecule has 0 N–H and O–H groups in total. The average molecular weight is 449 g/mol. The Labute approximate surface area is 184 Å². The first kappa shape index (κ1) is 20.4. The summed E-state index contributed by atoms with van der Waals surface area (Å²) in [4.78, 5) is 16.9. The van der Waals surface area contributed by atoms with Crippen molar-refractivity contribution < 1.29 is 17.9 Å². The molecular formula is C23H14F3N5O2. The Kier molecular flexibility index (Phi) is 4.89. The molecule has 164 valence electrons. The minimum Gasteiger partial charge on any atom is -0.406 e. The molecular weight excluding hydrogens is 435 g/mol. The molecule has 5 rings (SSSR count). The minimum absolute atomic E-state index is 0.131. The Bertz CT molecular complexity index is 1500. The van der Waals surface area contributed by atoms with E-state index >= 15 is 0 Å². The van der Waals surface area contributed by atoms with Crippen LogP contribution >= 0.6 is 0 Å². The number of ether oxygens (including phenoxy) is 1. The molecule has 0 aliphatic rings. The maximum absolute atomic E-state index is 12.7. The lowest BCUT2D eigenvalue weighted by atomic mass is 10.1. The molecule has 0 saturated carbocycles. The van der Waals surface area contributed by atoms with Crippen LogP contribution < -0.4 is 10.2 Å². The molecule has 7 nitrogen and oxygen atoms in total. The highest BCUT2D eigenvalue weighted by Crippen LogP contribution is 2.26. The Hall–Kier alpha value is -4.47. The molecule has 0 unspecified atom stereocenters. The number of benzene rings is 2. The first-order valence-corrected chi connectivity index (χ1v) is 9.73. The molecule has 10 heteroatoms. The van der Waals surface area contributed by atoms with E-state index in [-0.39, 0.29) is 16.9 Å². The highest BCUT2D eigenvalue weighted by molar-refractivity contribution is 5.89. The third-order valence-electron chi connectivity index (χ3n) is 4.92. The van der Waals surface area contributed by atoms with Gasteiger partial charge in [-0.3, -0.25) is 9.78 Å². The van der Waals surface area contributed by atoms with Gasteiger partial charge in [-0.15, -0.1) is 13.2 Å². The molecule has 0 amide bonds. The van der Waals surface area contributed by atoms with Crippen LogP contribution in [0.2, 0.25) is 0 Å². The van der Waals surface area contributed by atoms with Gasteiger partial charge in [0.15, 0.2) is 5.69 Å². The van der Waals surface area contributed by atoms with Crippen molar-refractivity contribution in [2.24, 2.45) is 0 Å². The largest absolute Gasteiger partial charge is 0.573 e. The SMILES string of the molecule is O=c1ccn(-c2ccc(OC(F)(F)F)cc2)nc1-c1ccnn1-c1cccc2ccncc12. The van der Waals surface area contributed by atoms with Crippen LogP contribution in [0, 0.1) is 0 Å². The van der Waals surface area contributed by atoms with E-state index in [1.807, 2.05) is 24.3 Å². The third kappa shape index (κ3) is 4.05. The first-order valence-electron chi connectivity index (χ1n) is 9.73. The van der Waals surface area contributed by atoms with E-state index in [4.69, 9.17) is 0 Å². The van der Waals surface area contributed by atoms with Crippen molar-refractivity contribution in [2.75, 3.05) is 0 Å². The first-order chi connectivity index (χ1) is 15.9.